The van der Waals surface area contributed by atoms with Crippen molar-refractivity contribution in [2.24, 2.45) is 5.92 Å². The maximum absolute atomic E-state index is 11.6. The van der Waals surface area contributed by atoms with Crippen molar-refractivity contribution in [1.29, 1.82) is 0 Å². The Bertz CT molecular complexity index is 622. The second kappa shape index (κ2) is 5.19. The van der Waals surface area contributed by atoms with E-state index in [1.807, 2.05) is 18.2 Å². The molecule has 0 unspecified atom stereocenters. The van der Waals surface area contributed by atoms with Crippen LogP contribution in [0.4, 0.5) is 0 Å². The van der Waals surface area contributed by atoms with Crippen molar-refractivity contribution in [2.45, 2.75) is 32.8 Å². The molecule has 0 saturated heterocycles. The zero-order valence-corrected chi connectivity index (χ0v) is 11.7. The molecule has 4 heteroatoms. The van der Waals surface area contributed by atoms with Crippen molar-refractivity contribution in [1.82, 2.24) is 0 Å². The molecule has 1 aliphatic carbocycles. The quantitative estimate of drug-likeness (QED) is 0.796. The third kappa shape index (κ3) is 2.50. The lowest BCUT2D eigenvalue weighted by Gasteiger charge is -2.32. The van der Waals surface area contributed by atoms with Crippen LogP contribution in [-0.2, 0) is 4.74 Å². The first-order valence-electron chi connectivity index (χ1n) is 7.03. The van der Waals surface area contributed by atoms with Crippen LogP contribution in [0.2, 0.25) is 0 Å². The highest BCUT2D eigenvalue weighted by molar-refractivity contribution is 5.92. The molecule has 0 aliphatic heterocycles. The van der Waals surface area contributed by atoms with Crippen LogP contribution < -0.4 is 4.74 Å². The fourth-order valence-electron chi connectivity index (χ4n) is 2.51. The van der Waals surface area contributed by atoms with Crippen molar-refractivity contribution >= 4 is 16.9 Å². The molecular weight excluding hydrogens is 256 g/mol. The van der Waals surface area contributed by atoms with Gasteiger partial charge in [-0.15, -0.1) is 0 Å². The Hall–Kier alpha value is -1.97. The van der Waals surface area contributed by atoms with E-state index >= 15 is 0 Å². The molecule has 3 rings (SSSR count). The molecule has 0 N–H and O–H groups in total. The summed E-state index contributed by atoms with van der Waals surface area (Å²) < 4.78 is 16.3. The van der Waals surface area contributed by atoms with Crippen LogP contribution in [-0.4, -0.2) is 18.7 Å². The van der Waals surface area contributed by atoms with Gasteiger partial charge in [0.1, 0.15) is 11.3 Å². The van der Waals surface area contributed by atoms with Crippen LogP contribution >= 0.6 is 0 Å². The number of carbonyl (C=O) groups is 1. The summed E-state index contributed by atoms with van der Waals surface area (Å²) in [5, 5.41) is 0.859. The van der Waals surface area contributed by atoms with E-state index in [1.165, 1.54) is 0 Å². The first-order chi connectivity index (χ1) is 9.65. The Balaban J connectivity index is 1.78. The number of carbonyl (C=O) groups excluding carboxylic acids is 1. The maximum Gasteiger partial charge on any atom is 0.374 e. The Morgan fingerprint density at radius 1 is 1.35 bits per heavy atom. The van der Waals surface area contributed by atoms with Gasteiger partial charge in [0.25, 0.3) is 0 Å². The van der Waals surface area contributed by atoms with Gasteiger partial charge in [-0.2, -0.15) is 0 Å². The van der Waals surface area contributed by atoms with Gasteiger partial charge in [0.05, 0.1) is 12.7 Å². The summed E-state index contributed by atoms with van der Waals surface area (Å²) in [4.78, 5) is 11.6. The third-order valence-corrected chi connectivity index (χ3v) is 3.60. The Morgan fingerprint density at radius 2 is 2.15 bits per heavy atom. The molecule has 1 aliphatic rings. The van der Waals surface area contributed by atoms with Gasteiger partial charge in [-0.25, -0.2) is 4.79 Å². The highest BCUT2D eigenvalue weighted by Gasteiger charge is 2.27. The predicted molar refractivity (Wildman–Crippen MR) is 75.0 cm³/mol. The van der Waals surface area contributed by atoms with Gasteiger partial charge in [0, 0.05) is 5.39 Å². The molecule has 0 amide bonds. The molecule has 1 aromatic carbocycles. The number of furan rings is 1. The standard InChI is InChI=1S/C16H18O4/c1-3-18-16(17)15-9-11-8-12(4-5-14(11)20-15)19-13-6-10(2)7-13/h4-5,8-10,13H,3,6-7H2,1-2H3/t10-,13+. The van der Waals surface area contributed by atoms with Crippen molar-refractivity contribution in [2.75, 3.05) is 6.61 Å². The number of fused-ring (bicyclic) bond motifs is 1. The molecule has 4 nitrogen and oxygen atoms in total. The van der Waals surface area contributed by atoms with Crippen molar-refractivity contribution in [3.63, 3.8) is 0 Å². The normalized spacial score (nSPS) is 21.5. The van der Waals surface area contributed by atoms with Gasteiger partial charge >= 0.3 is 5.97 Å². The second-order valence-electron chi connectivity index (χ2n) is 5.35. The summed E-state index contributed by atoms with van der Waals surface area (Å²) in [6.07, 6.45) is 2.54. The first-order valence-corrected chi connectivity index (χ1v) is 7.03. The number of ether oxygens (including phenoxy) is 2. The van der Waals surface area contributed by atoms with Crippen LogP contribution in [0.25, 0.3) is 11.0 Å². The van der Waals surface area contributed by atoms with Gasteiger partial charge < -0.3 is 13.9 Å². The van der Waals surface area contributed by atoms with Crippen LogP contribution in [0.5, 0.6) is 5.75 Å². The van der Waals surface area contributed by atoms with Gasteiger partial charge in [-0.05, 0) is 49.9 Å². The van der Waals surface area contributed by atoms with Crippen molar-refractivity contribution < 1.29 is 18.7 Å². The van der Waals surface area contributed by atoms with E-state index in [0.29, 0.717) is 18.3 Å². The first kappa shape index (κ1) is 13.0. The topological polar surface area (TPSA) is 48.7 Å². The molecule has 1 saturated carbocycles. The monoisotopic (exact) mass is 274 g/mol. The average Bonchev–Trinajstić information content (AvgIpc) is 2.80. The fraction of sp³-hybridized carbons (Fsp3) is 0.438. The summed E-state index contributed by atoms with van der Waals surface area (Å²) >= 11 is 0. The number of hydrogen-bond acceptors (Lipinski definition) is 4. The molecule has 0 bridgehead atoms. The molecule has 20 heavy (non-hydrogen) atoms. The maximum atomic E-state index is 11.6. The average molecular weight is 274 g/mol. The van der Waals surface area contributed by atoms with E-state index in [1.54, 1.807) is 13.0 Å². The molecule has 0 atom stereocenters. The highest BCUT2D eigenvalue weighted by Crippen LogP contribution is 2.32. The Morgan fingerprint density at radius 3 is 2.85 bits per heavy atom. The van der Waals surface area contributed by atoms with Gasteiger partial charge in [-0.1, -0.05) is 6.92 Å². The number of hydrogen-bond donors (Lipinski definition) is 0. The summed E-state index contributed by atoms with van der Waals surface area (Å²) in [6, 6.07) is 7.31. The van der Waals surface area contributed by atoms with E-state index < -0.39 is 5.97 Å². The second-order valence-corrected chi connectivity index (χ2v) is 5.35. The van der Waals surface area contributed by atoms with Gasteiger partial charge in [0.15, 0.2) is 0 Å². The van der Waals surface area contributed by atoms with E-state index in [4.69, 9.17) is 13.9 Å². The molecule has 0 spiro atoms. The minimum Gasteiger partial charge on any atom is -0.490 e. The minimum atomic E-state index is -0.431. The van der Waals surface area contributed by atoms with E-state index in [9.17, 15) is 4.79 Å². The SMILES string of the molecule is CCOC(=O)c1cc2cc(O[C@H]3C[C@@H](C)C3)ccc2o1. The van der Waals surface area contributed by atoms with E-state index in [-0.39, 0.29) is 5.76 Å². The Kier molecular flexibility index (Phi) is 3.38. The summed E-state index contributed by atoms with van der Waals surface area (Å²) in [7, 11) is 0. The smallest absolute Gasteiger partial charge is 0.374 e. The third-order valence-electron chi connectivity index (χ3n) is 3.60. The molecule has 106 valence electrons. The zero-order chi connectivity index (χ0) is 14.1. The van der Waals surface area contributed by atoms with Gasteiger partial charge in [-0.3, -0.25) is 0 Å². The van der Waals surface area contributed by atoms with Crippen LogP contribution in [0.3, 0.4) is 0 Å². The van der Waals surface area contributed by atoms with Crippen molar-refractivity contribution in [3.8, 4) is 5.75 Å². The number of benzene rings is 1. The lowest BCUT2D eigenvalue weighted by molar-refractivity contribution is 0.0492. The molecule has 2 aromatic rings. The summed E-state index contributed by atoms with van der Waals surface area (Å²) in [5.74, 6) is 1.38. The van der Waals surface area contributed by atoms with Crippen molar-refractivity contribution in [3.05, 3.63) is 30.0 Å². The molecule has 1 fully saturated rings. The van der Waals surface area contributed by atoms with E-state index in [0.717, 1.165) is 29.9 Å². The summed E-state index contributed by atoms with van der Waals surface area (Å²) in [6.45, 7) is 4.33. The predicted octanol–water partition coefficient (Wildman–Crippen LogP) is 3.79. The fourth-order valence-corrected chi connectivity index (χ4v) is 2.51. The highest BCUT2D eigenvalue weighted by atomic mass is 16.5. The Labute approximate surface area is 117 Å². The molecule has 0 radical (unpaired) electrons. The molecule has 1 aromatic heterocycles. The molecular formula is C16H18O4. The summed E-state index contributed by atoms with van der Waals surface area (Å²) in [5.41, 5.74) is 0.669. The van der Waals surface area contributed by atoms with E-state index in [2.05, 4.69) is 6.92 Å². The lowest BCUT2D eigenvalue weighted by atomic mass is 9.84. The number of esters is 1. The van der Waals surface area contributed by atoms with Crippen LogP contribution in [0.15, 0.2) is 28.7 Å². The van der Waals surface area contributed by atoms with Crippen LogP contribution in [0, 0.1) is 5.92 Å². The minimum absolute atomic E-state index is 0.233. The molecule has 1 heterocycles. The number of rotatable bonds is 4. The van der Waals surface area contributed by atoms with Gasteiger partial charge in [0.2, 0.25) is 5.76 Å². The van der Waals surface area contributed by atoms with Crippen LogP contribution in [0.1, 0.15) is 37.2 Å². The largest absolute Gasteiger partial charge is 0.490 e. The lowest BCUT2D eigenvalue weighted by Crippen LogP contribution is -2.31. The zero-order valence-electron chi connectivity index (χ0n) is 11.7.